The Morgan fingerprint density at radius 2 is 0.786 bits per heavy atom. The smallest absolute Gasteiger partial charge is 0.160 e. The zero-order valence-electron chi connectivity index (χ0n) is 30.4. The summed E-state index contributed by atoms with van der Waals surface area (Å²) < 4.78 is 0. The second kappa shape index (κ2) is 13.1. The van der Waals surface area contributed by atoms with E-state index >= 15 is 0 Å². The van der Waals surface area contributed by atoms with Crippen LogP contribution < -0.4 is 0 Å². The van der Waals surface area contributed by atoms with Gasteiger partial charge < -0.3 is 0 Å². The average Bonchev–Trinajstić information content (AvgIpc) is 3.28. The number of benzene rings is 9. The van der Waals surface area contributed by atoms with Gasteiger partial charge in [-0.3, -0.25) is 0 Å². The summed E-state index contributed by atoms with van der Waals surface area (Å²) in [5.74, 6) is 0.689. The Labute approximate surface area is 324 Å². The molecule has 3 heteroatoms. The van der Waals surface area contributed by atoms with Gasteiger partial charge >= 0.3 is 0 Å². The second-order valence-electron chi connectivity index (χ2n) is 14.3. The van der Waals surface area contributed by atoms with Crippen LogP contribution in [-0.2, 0) is 0 Å². The molecule has 0 N–H and O–H groups in total. The molecule has 260 valence electrons. The predicted molar refractivity (Wildman–Crippen MR) is 235 cm³/mol. The van der Waals surface area contributed by atoms with Crippen LogP contribution in [0.3, 0.4) is 0 Å². The molecule has 0 radical (unpaired) electrons. The van der Waals surface area contributed by atoms with Gasteiger partial charge in [-0.2, -0.15) is 0 Å². The largest absolute Gasteiger partial charge is 0.247 e. The summed E-state index contributed by atoms with van der Waals surface area (Å²) in [5, 5.41) is 10.8. The Morgan fingerprint density at radius 3 is 1.46 bits per heavy atom. The molecule has 11 aromatic rings. The van der Waals surface area contributed by atoms with Gasteiger partial charge in [-0.05, 0) is 56.1 Å². The number of nitrogens with zero attached hydrogens (tertiary/aromatic N) is 3. The third kappa shape index (κ3) is 5.25. The second-order valence-corrected chi connectivity index (χ2v) is 14.3. The van der Waals surface area contributed by atoms with Crippen LogP contribution in [0.2, 0.25) is 0 Å². The Kier molecular flexibility index (Phi) is 7.49. The highest BCUT2D eigenvalue weighted by Gasteiger charge is 2.22. The van der Waals surface area contributed by atoms with Crippen molar-refractivity contribution in [3.63, 3.8) is 0 Å². The van der Waals surface area contributed by atoms with E-state index in [0.717, 1.165) is 72.1 Å². The van der Waals surface area contributed by atoms with E-state index in [2.05, 4.69) is 200 Å². The number of rotatable bonds is 5. The van der Waals surface area contributed by atoms with E-state index in [0.29, 0.717) is 5.82 Å². The van der Waals surface area contributed by atoms with Gasteiger partial charge in [0.25, 0.3) is 0 Å². The molecule has 3 nitrogen and oxygen atoms in total. The Bertz CT molecular complexity index is 3240. The zero-order valence-corrected chi connectivity index (χ0v) is 30.4. The SMILES string of the molecule is c1ccc(-c2nc(-c3ccc4ccccc4c3)nc(-c3ccccc3)c2-c2cccc(-c3nc4ccccc4c4c5ccccc5c5ccccc5c34)c2)cc1. The minimum absolute atomic E-state index is 0.689. The van der Waals surface area contributed by atoms with E-state index in [9.17, 15) is 0 Å². The minimum Gasteiger partial charge on any atom is -0.247 e. The lowest BCUT2D eigenvalue weighted by Crippen LogP contribution is -2.01. The van der Waals surface area contributed by atoms with Crippen molar-refractivity contribution in [2.45, 2.75) is 0 Å². The lowest BCUT2D eigenvalue weighted by molar-refractivity contribution is 1.19. The van der Waals surface area contributed by atoms with Gasteiger partial charge in [-0.15, -0.1) is 0 Å². The van der Waals surface area contributed by atoms with Crippen LogP contribution >= 0.6 is 0 Å². The van der Waals surface area contributed by atoms with E-state index < -0.39 is 0 Å². The van der Waals surface area contributed by atoms with Crippen LogP contribution in [0.25, 0.3) is 110 Å². The zero-order chi connectivity index (χ0) is 37.0. The summed E-state index contributed by atoms with van der Waals surface area (Å²) in [6.45, 7) is 0. The molecular formula is C53H33N3. The lowest BCUT2D eigenvalue weighted by atomic mass is 9.88. The predicted octanol–water partition coefficient (Wildman–Crippen LogP) is 14.0. The van der Waals surface area contributed by atoms with Crippen LogP contribution in [-0.4, -0.2) is 15.0 Å². The number of para-hydroxylation sites is 1. The van der Waals surface area contributed by atoms with E-state index in [1.165, 1.54) is 32.3 Å². The third-order valence-corrected chi connectivity index (χ3v) is 11.0. The molecule has 56 heavy (non-hydrogen) atoms. The topological polar surface area (TPSA) is 38.7 Å². The first-order valence-corrected chi connectivity index (χ1v) is 19.0. The number of aromatic nitrogens is 3. The van der Waals surface area contributed by atoms with Crippen LogP contribution in [0, 0.1) is 0 Å². The molecule has 11 rings (SSSR count). The Balaban J connectivity index is 1.22. The first-order chi connectivity index (χ1) is 27.8. The molecule has 2 heterocycles. The highest BCUT2D eigenvalue weighted by molar-refractivity contribution is 6.33. The quantitative estimate of drug-likeness (QED) is 0.167. The van der Waals surface area contributed by atoms with Crippen molar-refractivity contribution in [2.24, 2.45) is 0 Å². The number of fused-ring (bicyclic) bond motifs is 9. The van der Waals surface area contributed by atoms with Crippen LogP contribution in [0.4, 0.5) is 0 Å². The molecule has 0 fully saturated rings. The van der Waals surface area contributed by atoms with Gasteiger partial charge in [0.15, 0.2) is 5.82 Å². The normalized spacial score (nSPS) is 11.6. The molecule has 0 unspecified atom stereocenters. The summed E-state index contributed by atoms with van der Waals surface area (Å²) in [4.78, 5) is 16.3. The number of pyridine rings is 1. The highest BCUT2D eigenvalue weighted by Crippen LogP contribution is 2.45. The van der Waals surface area contributed by atoms with Crippen molar-refractivity contribution < 1.29 is 0 Å². The fraction of sp³-hybridized carbons (Fsp3) is 0. The van der Waals surface area contributed by atoms with Crippen molar-refractivity contribution in [3.8, 4) is 56.3 Å². The number of hydrogen-bond acceptors (Lipinski definition) is 3. The van der Waals surface area contributed by atoms with Crippen LogP contribution in [0.15, 0.2) is 200 Å². The fourth-order valence-electron chi connectivity index (χ4n) is 8.46. The minimum atomic E-state index is 0.689. The fourth-order valence-corrected chi connectivity index (χ4v) is 8.46. The molecule has 0 atom stereocenters. The van der Waals surface area contributed by atoms with Gasteiger partial charge in [0.2, 0.25) is 0 Å². The Hall–Kier alpha value is -7.49. The lowest BCUT2D eigenvalue weighted by Gasteiger charge is -2.19. The maximum atomic E-state index is 5.47. The van der Waals surface area contributed by atoms with Crippen molar-refractivity contribution in [1.82, 2.24) is 15.0 Å². The van der Waals surface area contributed by atoms with E-state index in [1.54, 1.807) is 0 Å². The van der Waals surface area contributed by atoms with Gasteiger partial charge in [0, 0.05) is 44.0 Å². The van der Waals surface area contributed by atoms with E-state index in [-0.39, 0.29) is 0 Å². The van der Waals surface area contributed by atoms with E-state index in [4.69, 9.17) is 15.0 Å². The molecule has 0 saturated carbocycles. The molecule has 0 aliphatic carbocycles. The average molecular weight is 712 g/mol. The Morgan fingerprint density at radius 1 is 0.268 bits per heavy atom. The van der Waals surface area contributed by atoms with Crippen molar-refractivity contribution >= 4 is 54.0 Å². The van der Waals surface area contributed by atoms with Crippen molar-refractivity contribution in [3.05, 3.63) is 200 Å². The van der Waals surface area contributed by atoms with Crippen LogP contribution in [0.1, 0.15) is 0 Å². The summed E-state index contributed by atoms with van der Waals surface area (Å²) in [5.41, 5.74) is 9.77. The molecule has 0 bridgehead atoms. The molecule has 0 aliphatic rings. The van der Waals surface area contributed by atoms with E-state index in [1.807, 2.05) is 0 Å². The van der Waals surface area contributed by atoms with Crippen LogP contribution in [0.5, 0.6) is 0 Å². The van der Waals surface area contributed by atoms with Gasteiger partial charge in [-0.25, -0.2) is 15.0 Å². The maximum absolute atomic E-state index is 5.47. The maximum Gasteiger partial charge on any atom is 0.160 e. The first-order valence-electron chi connectivity index (χ1n) is 19.0. The van der Waals surface area contributed by atoms with Crippen molar-refractivity contribution in [1.29, 1.82) is 0 Å². The molecule has 9 aromatic carbocycles. The highest BCUT2D eigenvalue weighted by atomic mass is 14.9. The summed E-state index contributed by atoms with van der Waals surface area (Å²) in [6, 6.07) is 70.8. The number of hydrogen-bond donors (Lipinski definition) is 0. The van der Waals surface area contributed by atoms with Crippen molar-refractivity contribution in [2.75, 3.05) is 0 Å². The van der Waals surface area contributed by atoms with Gasteiger partial charge in [-0.1, -0.05) is 182 Å². The molecule has 0 aliphatic heterocycles. The molecule has 0 saturated heterocycles. The third-order valence-electron chi connectivity index (χ3n) is 11.0. The van der Waals surface area contributed by atoms with Gasteiger partial charge in [0.1, 0.15) is 0 Å². The molecule has 0 amide bonds. The molecule has 0 spiro atoms. The first kappa shape index (κ1) is 32.0. The van der Waals surface area contributed by atoms with Gasteiger partial charge in [0.05, 0.1) is 22.6 Å². The molecule has 2 aromatic heterocycles. The summed E-state index contributed by atoms with van der Waals surface area (Å²) >= 11 is 0. The summed E-state index contributed by atoms with van der Waals surface area (Å²) in [6.07, 6.45) is 0. The summed E-state index contributed by atoms with van der Waals surface area (Å²) in [7, 11) is 0. The monoisotopic (exact) mass is 711 g/mol. The molecular weight excluding hydrogens is 679 g/mol. The standard InChI is InChI=1S/C53H33N3/c1-3-17-35(18-4-1)50-47(51(36-19-5-2-6-20-36)56-53(55-50)40-31-30-34-16-7-8-21-37(34)32-40)38-22-15-23-39(33-38)52-49-44-27-12-10-25-42(44)41-24-9-11-26-43(41)48(49)45-28-13-14-29-46(45)54-52/h1-33H.